The number of benzene rings is 4. The number of hydrogen-bond donors (Lipinski definition) is 0. The molecule has 1 heterocycles. The van der Waals surface area contributed by atoms with Gasteiger partial charge >= 0.3 is 15.7 Å². The van der Waals surface area contributed by atoms with Crippen LogP contribution in [0.1, 0.15) is 5.56 Å². The number of hydrogen-bond acceptors (Lipinski definition) is 5. The van der Waals surface area contributed by atoms with Gasteiger partial charge in [-0.1, -0.05) is 60.2 Å². The molecule has 0 aliphatic carbocycles. The third kappa shape index (κ3) is 4.41. The first-order chi connectivity index (χ1) is 16.9. The summed E-state index contributed by atoms with van der Waals surface area (Å²) in [7, 11) is -7.00. The first kappa shape index (κ1) is 23.1. The summed E-state index contributed by atoms with van der Waals surface area (Å²) in [6.45, 7) is 1.89. The van der Waals surface area contributed by atoms with Gasteiger partial charge in [-0.25, -0.2) is 8.42 Å². The fourth-order valence-corrected chi connectivity index (χ4v) is 9.08. The molecule has 0 saturated heterocycles. The maximum absolute atomic E-state index is 13.7. The van der Waals surface area contributed by atoms with Crippen molar-refractivity contribution in [2.45, 2.75) is 26.5 Å². The van der Waals surface area contributed by atoms with Crippen molar-refractivity contribution >= 4 is 31.4 Å². The minimum atomic E-state index is -4.20. The second-order valence-electron chi connectivity index (χ2n) is 7.97. The molecule has 0 aliphatic rings. The van der Waals surface area contributed by atoms with Gasteiger partial charge in [0, 0.05) is 26.1 Å². The van der Waals surface area contributed by atoms with Crippen LogP contribution < -0.4 is 5.63 Å². The summed E-state index contributed by atoms with van der Waals surface area (Å²) in [5.74, 6) is 0. The molecule has 7 heteroatoms. The molecule has 5 nitrogen and oxygen atoms in total. The van der Waals surface area contributed by atoms with E-state index in [1.807, 2.05) is 79.7 Å². The zero-order valence-corrected chi connectivity index (χ0v) is 20.5. The van der Waals surface area contributed by atoms with Gasteiger partial charge in [-0.3, -0.25) is 0 Å². The van der Waals surface area contributed by atoms with Crippen molar-refractivity contribution in [3.8, 4) is 0 Å². The monoisotopic (exact) mass is 502 g/mol. The third-order valence-corrected chi connectivity index (χ3v) is 10.8. The minimum absolute atomic E-state index is 0.0687. The molecule has 0 unspecified atom stereocenters. The van der Waals surface area contributed by atoms with Gasteiger partial charge < -0.3 is 4.42 Å². The summed E-state index contributed by atoms with van der Waals surface area (Å²) in [5.41, 5.74) is 0.816. The molecule has 4 aromatic carbocycles. The molecule has 0 bridgehead atoms. The smallest absolute Gasteiger partial charge is 0.336 e. The van der Waals surface area contributed by atoms with Crippen LogP contribution in [0.25, 0.3) is 11.0 Å². The van der Waals surface area contributed by atoms with Crippen LogP contribution in [0.5, 0.6) is 0 Å². The first-order valence-corrected chi connectivity index (χ1v) is 13.9. The van der Waals surface area contributed by atoms with Gasteiger partial charge in [-0.15, -0.1) is 0 Å². The molecule has 0 saturated carbocycles. The highest BCUT2D eigenvalue weighted by molar-refractivity contribution is 8.33. The van der Waals surface area contributed by atoms with Gasteiger partial charge in [-0.2, -0.15) is 8.42 Å². The van der Waals surface area contributed by atoms with Crippen LogP contribution in [-0.4, -0.2) is 8.42 Å². The highest BCUT2D eigenvalue weighted by atomic mass is 32.3. The Balaban J connectivity index is 1.83. The lowest BCUT2D eigenvalue weighted by atomic mass is 10.2. The molecule has 0 spiro atoms. The Morgan fingerprint density at radius 2 is 1.17 bits per heavy atom. The Morgan fingerprint density at radius 3 is 1.77 bits per heavy atom. The van der Waals surface area contributed by atoms with Crippen LogP contribution in [0.4, 0.5) is 0 Å². The molecule has 1 aromatic heterocycles. The highest BCUT2D eigenvalue weighted by Crippen LogP contribution is 2.70. The van der Waals surface area contributed by atoms with Gasteiger partial charge in [0.05, 0.1) is 4.90 Å². The zero-order chi connectivity index (χ0) is 24.5. The van der Waals surface area contributed by atoms with Gasteiger partial charge in [0.25, 0.3) is 0 Å². The van der Waals surface area contributed by atoms with Gasteiger partial charge in [0.15, 0.2) is 0 Å². The lowest BCUT2D eigenvalue weighted by Crippen LogP contribution is -2.14. The second kappa shape index (κ2) is 9.19. The van der Waals surface area contributed by atoms with E-state index >= 15 is 0 Å². The van der Waals surface area contributed by atoms with E-state index < -0.39 is 26.1 Å². The van der Waals surface area contributed by atoms with Crippen LogP contribution in [0.3, 0.4) is 0 Å². The van der Waals surface area contributed by atoms with Crippen molar-refractivity contribution in [1.82, 2.24) is 0 Å². The quantitative estimate of drug-likeness (QED) is 0.242. The number of aryl methyl sites for hydroxylation is 1. The molecule has 0 N–H and O–H groups in total. The lowest BCUT2D eigenvalue weighted by molar-refractivity contribution is 0.508. The van der Waals surface area contributed by atoms with Gasteiger partial charge in [0.1, 0.15) is 5.58 Å². The SMILES string of the molecule is Cc1ccc(S(=O)(=O)OS(c2ccccc2)(c2ccccc2)c2ccc3ccc(=O)oc3c2)cc1. The molecule has 176 valence electrons. The number of rotatable bonds is 6. The fraction of sp³-hybridized carbons (Fsp3) is 0.0357. The standard InChI is InChI=1S/C28H22O5S2/c1-21-12-16-25(17-13-21)35(30,31)33-34(23-8-4-2-5-9-23,24-10-6-3-7-11-24)26-18-14-22-15-19-28(29)32-27(22)20-26/h2-20H,1H3. The lowest BCUT2D eigenvalue weighted by Gasteiger charge is -2.39. The summed E-state index contributed by atoms with van der Waals surface area (Å²) in [5, 5.41) is 0.726. The maximum atomic E-state index is 13.7. The van der Waals surface area contributed by atoms with Crippen molar-refractivity contribution in [1.29, 1.82) is 0 Å². The molecule has 5 aromatic rings. The second-order valence-corrected chi connectivity index (χ2v) is 12.4. The van der Waals surface area contributed by atoms with E-state index in [-0.39, 0.29) is 4.90 Å². The van der Waals surface area contributed by atoms with Crippen molar-refractivity contribution in [2.75, 3.05) is 0 Å². The Hall–Kier alpha value is -3.65. The predicted molar refractivity (Wildman–Crippen MR) is 137 cm³/mol. The minimum Gasteiger partial charge on any atom is -0.423 e. The first-order valence-electron chi connectivity index (χ1n) is 10.9. The van der Waals surface area contributed by atoms with E-state index in [1.165, 1.54) is 6.07 Å². The largest absolute Gasteiger partial charge is 0.423 e. The molecule has 0 amide bonds. The highest BCUT2D eigenvalue weighted by Gasteiger charge is 2.38. The van der Waals surface area contributed by atoms with E-state index in [9.17, 15) is 13.2 Å². The number of fused-ring (bicyclic) bond motifs is 1. The van der Waals surface area contributed by atoms with E-state index in [0.29, 0.717) is 20.3 Å². The van der Waals surface area contributed by atoms with Crippen LogP contribution in [0.15, 0.2) is 144 Å². The summed E-state index contributed by atoms with van der Waals surface area (Å²) in [6, 6.07) is 33.5. The van der Waals surface area contributed by atoms with Crippen molar-refractivity contribution in [2.24, 2.45) is 0 Å². The van der Waals surface area contributed by atoms with Crippen LogP contribution in [0.2, 0.25) is 0 Å². The third-order valence-electron chi connectivity index (χ3n) is 5.58. The molecule has 0 atom stereocenters. The van der Waals surface area contributed by atoms with Crippen molar-refractivity contribution < 1.29 is 16.5 Å². The molecule has 0 radical (unpaired) electrons. The Kier molecular flexibility index (Phi) is 6.06. The molecular formula is C28H22O5S2. The fourth-order valence-electron chi connectivity index (χ4n) is 3.85. The van der Waals surface area contributed by atoms with E-state index in [0.717, 1.165) is 10.9 Å². The summed E-state index contributed by atoms with van der Waals surface area (Å²) in [4.78, 5) is 14.0. The Bertz CT molecular complexity index is 1600. The van der Waals surface area contributed by atoms with E-state index in [2.05, 4.69) is 0 Å². The van der Waals surface area contributed by atoms with Crippen LogP contribution >= 0.6 is 10.3 Å². The molecule has 35 heavy (non-hydrogen) atoms. The van der Waals surface area contributed by atoms with E-state index in [1.54, 1.807) is 36.4 Å². The van der Waals surface area contributed by atoms with E-state index in [4.69, 9.17) is 8.05 Å². The molecule has 0 fully saturated rings. The zero-order valence-electron chi connectivity index (χ0n) is 18.8. The summed E-state index contributed by atoms with van der Waals surface area (Å²) >= 11 is 0. The average molecular weight is 503 g/mol. The maximum Gasteiger partial charge on any atom is 0.336 e. The Morgan fingerprint density at radius 1 is 0.629 bits per heavy atom. The normalized spacial score (nSPS) is 12.5. The van der Waals surface area contributed by atoms with Crippen molar-refractivity contribution in [3.05, 3.63) is 131 Å². The topological polar surface area (TPSA) is 73.6 Å². The molecule has 0 aliphatic heterocycles. The summed E-state index contributed by atoms with van der Waals surface area (Å²) < 4.78 is 39.2. The predicted octanol–water partition coefficient (Wildman–Crippen LogP) is 6.70. The van der Waals surface area contributed by atoms with Crippen molar-refractivity contribution in [3.63, 3.8) is 0 Å². The van der Waals surface area contributed by atoms with Gasteiger partial charge in [0.2, 0.25) is 0 Å². The van der Waals surface area contributed by atoms with Crippen LogP contribution in [0, 0.1) is 6.92 Å². The molecular weight excluding hydrogens is 480 g/mol. The van der Waals surface area contributed by atoms with Gasteiger partial charge in [-0.05, 0) is 71.8 Å². The average Bonchev–Trinajstić information content (AvgIpc) is 2.88. The Labute approximate surface area is 205 Å². The molecule has 5 rings (SSSR count). The summed E-state index contributed by atoms with van der Waals surface area (Å²) in [6.07, 6.45) is 0. The van der Waals surface area contributed by atoms with Crippen LogP contribution in [-0.2, 0) is 13.7 Å².